The van der Waals surface area contributed by atoms with E-state index in [0.29, 0.717) is 30.8 Å². The SMILES string of the molecule is CC(C)(C)OC(=O)N1CCC(CNC(=O)[C@H](NC(=O)c2ccc3cc[nH]c3c2)c2ccccc2)CC1. The summed E-state index contributed by atoms with van der Waals surface area (Å²) in [4.78, 5) is 43.4. The van der Waals surface area contributed by atoms with Crippen molar-refractivity contribution in [1.29, 1.82) is 0 Å². The van der Waals surface area contributed by atoms with Gasteiger partial charge in [0.25, 0.3) is 5.91 Å². The summed E-state index contributed by atoms with van der Waals surface area (Å²) < 4.78 is 5.46. The molecule has 3 amide bonds. The summed E-state index contributed by atoms with van der Waals surface area (Å²) in [6, 6.07) is 15.8. The molecule has 1 atom stereocenters. The Bertz CT molecular complexity index is 1210. The van der Waals surface area contributed by atoms with Crippen molar-refractivity contribution in [3.63, 3.8) is 0 Å². The van der Waals surface area contributed by atoms with Crippen LogP contribution < -0.4 is 10.6 Å². The van der Waals surface area contributed by atoms with Gasteiger partial charge in [0.15, 0.2) is 0 Å². The minimum atomic E-state index is -0.820. The molecule has 0 bridgehead atoms. The molecule has 8 nitrogen and oxygen atoms in total. The number of nitrogens with one attached hydrogen (secondary N) is 3. The van der Waals surface area contributed by atoms with Crippen LogP contribution in [0.3, 0.4) is 0 Å². The summed E-state index contributed by atoms with van der Waals surface area (Å²) in [5, 5.41) is 6.94. The Morgan fingerprint density at radius 3 is 2.47 bits per heavy atom. The Kier molecular flexibility index (Phi) is 7.62. The van der Waals surface area contributed by atoms with Gasteiger partial charge in [-0.25, -0.2) is 4.79 Å². The van der Waals surface area contributed by atoms with Crippen molar-refractivity contribution in [3.8, 4) is 0 Å². The zero-order valence-corrected chi connectivity index (χ0v) is 21.0. The molecule has 2 heterocycles. The summed E-state index contributed by atoms with van der Waals surface area (Å²) in [5.41, 5.74) is 1.53. The van der Waals surface area contributed by atoms with Gasteiger partial charge in [0.2, 0.25) is 5.91 Å². The number of nitrogens with zero attached hydrogens (tertiary/aromatic N) is 1. The molecule has 1 aliphatic rings. The van der Waals surface area contributed by atoms with Gasteiger partial charge in [0, 0.05) is 36.9 Å². The van der Waals surface area contributed by atoms with Gasteiger partial charge in [-0.15, -0.1) is 0 Å². The number of benzene rings is 2. The molecular weight excluding hydrogens is 456 g/mol. The van der Waals surface area contributed by atoms with Gasteiger partial charge >= 0.3 is 6.09 Å². The van der Waals surface area contributed by atoms with E-state index >= 15 is 0 Å². The van der Waals surface area contributed by atoms with Crippen LogP contribution in [0.1, 0.15) is 55.6 Å². The maximum absolute atomic E-state index is 13.2. The fraction of sp³-hybridized carbons (Fsp3) is 0.393. The molecule has 2 aromatic carbocycles. The van der Waals surface area contributed by atoms with Gasteiger partial charge in [-0.1, -0.05) is 36.4 Å². The van der Waals surface area contributed by atoms with Gasteiger partial charge in [-0.3, -0.25) is 9.59 Å². The molecule has 3 N–H and O–H groups in total. The van der Waals surface area contributed by atoms with Crippen molar-refractivity contribution in [2.45, 2.75) is 45.3 Å². The lowest BCUT2D eigenvalue weighted by Crippen LogP contribution is -2.45. The highest BCUT2D eigenvalue weighted by Gasteiger charge is 2.28. The number of amides is 3. The minimum absolute atomic E-state index is 0.245. The number of ether oxygens (including phenoxy) is 1. The van der Waals surface area contributed by atoms with Gasteiger partial charge in [-0.05, 0) is 68.7 Å². The second kappa shape index (κ2) is 10.8. The number of fused-ring (bicyclic) bond motifs is 1. The highest BCUT2D eigenvalue weighted by molar-refractivity contribution is 6.00. The Balaban J connectivity index is 1.36. The maximum atomic E-state index is 13.2. The first-order valence-corrected chi connectivity index (χ1v) is 12.4. The zero-order valence-electron chi connectivity index (χ0n) is 21.0. The second-order valence-corrected chi connectivity index (χ2v) is 10.3. The topological polar surface area (TPSA) is 104 Å². The summed E-state index contributed by atoms with van der Waals surface area (Å²) in [5.74, 6) is -0.332. The molecule has 8 heteroatoms. The standard InChI is InChI=1S/C28H34N4O4/c1-28(2,3)36-27(35)32-15-12-19(13-16-32)18-30-26(34)24(21-7-5-4-6-8-21)31-25(33)22-10-9-20-11-14-29-23(20)17-22/h4-11,14,17,19,24,29H,12-13,15-16,18H2,1-3H3,(H,30,34)(H,31,33)/t24-/m1/s1. The lowest BCUT2D eigenvalue weighted by atomic mass is 9.96. The Labute approximate surface area is 211 Å². The molecule has 3 aromatic rings. The number of carbonyl (C=O) groups is 3. The van der Waals surface area contributed by atoms with Crippen LogP contribution in [0.5, 0.6) is 0 Å². The average Bonchev–Trinajstić information content (AvgIpc) is 3.33. The van der Waals surface area contributed by atoms with E-state index in [1.165, 1.54) is 0 Å². The fourth-order valence-electron chi connectivity index (χ4n) is 4.34. The summed E-state index contributed by atoms with van der Waals surface area (Å²) >= 11 is 0. The predicted molar refractivity (Wildman–Crippen MR) is 138 cm³/mol. The van der Waals surface area contributed by atoms with Gasteiger partial charge in [-0.2, -0.15) is 0 Å². The minimum Gasteiger partial charge on any atom is -0.444 e. The van der Waals surface area contributed by atoms with Crippen LogP contribution in [0.4, 0.5) is 4.79 Å². The zero-order chi connectivity index (χ0) is 25.7. The molecule has 36 heavy (non-hydrogen) atoms. The summed E-state index contributed by atoms with van der Waals surface area (Å²) in [6.07, 6.45) is 3.08. The van der Waals surface area contributed by atoms with Crippen molar-refractivity contribution < 1.29 is 19.1 Å². The van der Waals surface area contributed by atoms with Gasteiger partial charge in [0.1, 0.15) is 11.6 Å². The van der Waals surface area contributed by atoms with E-state index in [2.05, 4.69) is 15.6 Å². The number of aromatic nitrogens is 1. The first kappa shape index (κ1) is 25.3. The molecule has 0 spiro atoms. The van der Waals surface area contributed by atoms with Crippen molar-refractivity contribution in [2.75, 3.05) is 19.6 Å². The molecule has 1 saturated heterocycles. The second-order valence-electron chi connectivity index (χ2n) is 10.3. The van der Waals surface area contributed by atoms with Crippen molar-refractivity contribution >= 4 is 28.8 Å². The van der Waals surface area contributed by atoms with Crippen LogP contribution >= 0.6 is 0 Å². The average molecular weight is 491 g/mol. The number of aromatic amines is 1. The number of H-pyrrole nitrogens is 1. The third-order valence-corrected chi connectivity index (χ3v) is 6.32. The number of piperidine rings is 1. The van der Waals surface area contributed by atoms with E-state index in [1.807, 2.05) is 69.4 Å². The molecule has 1 aliphatic heterocycles. The van der Waals surface area contributed by atoms with E-state index in [0.717, 1.165) is 23.7 Å². The Hall–Kier alpha value is -3.81. The molecular formula is C28H34N4O4. The highest BCUT2D eigenvalue weighted by atomic mass is 16.6. The smallest absolute Gasteiger partial charge is 0.410 e. The van der Waals surface area contributed by atoms with E-state index in [1.54, 1.807) is 17.0 Å². The summed E-state index contributed by atoms with van der Waals surface area (Å²) in [6.45, 7) is 7.23. The van der Waals surface area contributed by atoms with Crippen LogP contribution in [0.2, 0.25) is 0 Å². The highest BCUT2D eigenvalue weighted by Crippen LogP contribution is 2.21. The third-order valence-electron chi connectivity index (χ3n) is 6.32. The molecule has 0 radical (unpaired) electrons. The molecule has 0 saturated carbocycles. The monoisotopic (exact) mass is 490 g/mol. The first-order valence-electron chi connectivity index (χ1n) is 12.4. The molecule has 1 fully saturated rings. The molecule has 0 aliphatic carbocycles. The largest absolute Gasteiger partial charge is 0.444 e. The van der Waals surface area contributed by atoms with Crippen LogP contribution in [-0.2, 0) is 9.53 Å². The maximum Gasteiger partial charge on any atom is 0.410 e. The van der Waals surface area contributed by atoms with Crippen molar-refractivity contribution in [2.24, 2.45) is 5.92 Å². The van der Waals surface area contributed by atoms with E-state index in [-0.39, 0.29) is 23.8 Å². The number of hydrogen-bond donors (Lipinski definition) is 3. The number of rotatable bonds is 6. The Morgan fingerprint density at radius 2 is 1.78 bits per heavy atom. The van der Waals surface area contributed by atoms with Crippen LogP contribution in [0.25, 0.3) is 10.9 Å². The van der Waals surface area contributed by atoms with E-state index < -0.39 is 11.6 Å². The number of likely N-dealkylation sites (tertiary alicyclic amines) is 1. The first-order chi connectivity index (χ1) is 17.2. The third kappa shape index (κ3) is 6.44. The lowest BCUT2D eigenvalue weighted by Gasteiger charge is -2.33. The van der Waals surface area contributed by atoms with E-state index in [4.69, 9.17) is 4.74 Å². The van der Waals surface area contributed by atoms with Crippen molar-refractivity contribution in [3.05, 3.63) is 71.9 Å². The van der Waals surface area contributed by atoms with Crippen molar-refractivity contribution in [1.82, 2.24) is 20.5 Å². The van der Waals surface area contributed by atoms with Crippen LogP contribution in [-0.4, -0.2) is 53.0 Å². The lowest BCUT2D eigenvalue weighted by molar-refractivity contribution is -0.123. The predicted octanol–water partition coefficient (Wildman–Crippen LogP) is 4.40. The molecule has 190 valence electrons. The van der Waals surface area contributed by atoms with Crippen LogP contribution in [0, 0.1) is 5.92 Å². The molecule has 4 rings (SSSR count). The van der Waals surface area contributed by atoms with E-state index in [9.17, 15) is 14.4 Å². The number of carbonyl (C=O) groups excluding carboxylic acids is 3. The van der Waals surface area contributed by atoms with Gasteiger partial charge < -0.3 is 25.3 Å². The van der Waals surface area contributed by atoms with Gasteiger partial charge in [0.05, 0.1) is 0 Å². The van der Waals surface area contributed by atoms with Crippen LogP contribution in [0.15, 0.2) is 60.8 Å². The normalized spacial score (nSPS) is 15.4. The quantitative estimate of drug-likeness (QED) is 0.476. The molecule has 0 unspecified atom stereocenters. The fourth-order valence-corrected chi connectivity index (χ4v) is 4.34. The number of hydrogen-bond acceptors (Lipinski definition) is 4. The summed E-state index contributed by atoms with van der Waals surface area (Å²) in [7, 11) is 0. The molecule has 1 aromatic heterocycles. The Morgan fingerprint density at radius 1 is 1.06 bits per heavy atom.